The molecule has 24 heavy (non-hydrogen) atoms. The fourth-order valence-electron chi connectivity index (χ4n) is 1.85. The Labute approximate surface area is 143 Å². The number of nitrogens with zero attached hydrogens (tertiary/aromatic N) is 3. The molecule has 1 heterocycles. The van der Waals surface area contributed by atoms with Crippen LogP contribution in [0.2, 0.25) is 0 Å². The highest BCUT2D eigenvalue weighted by molar-refractivity contribution is 7.99. The Hall–Kier alpha value is -2.42. The Balaban J connectivity index is 2.20. The quantitative estimate of drug-likeness (QED) is 0.336. The maximum Gasteiger partial charge on any atom is 0.338 e. The van der Waals surface area contributed by atoms with Gasteiger partial charge in [-0.1, -0.05) is 20.3 Å². The molecule has 8 nitrogen and oxygen atoms in total. The molecule has 1 N–H and O–H groups in total. The van der Waals surface area contributed by atoms with Crippen molar-refractivity contribution in [3.63, 3.8) is 0 Å². The lowest BCUT2D eigenvalue weighted by atomic mass is 10.2. The maximum absolute atomic E-state index is 11.9. The van der Waals surface area contributed by atoms with Crippen LogP contribution in [-0.4, -0.2) is 32.7 Å². The fraction of sp³-hybridized carbons (Fsp3) is 0.400. The number of carbonyl (C=O) groups is 1. The molecule has 0 spiro atoms. The SMILES string of the molecule is CCCCOC(=O)c1ccc(Sc2n[nH]c(CC)n2)c([N+](=O)[O-])c1. The molecule has 2 aromatic rings. The first kappa shape index (κ1) is 17.9. The van der Waals surface area contributed by atoms with Gasteiger partial charge in [0.2, 0.25) is 5.16 Å². The van der Waals surface area contributed by atoms with Crippen LogP contribution in [0.4, 0.5) is 5.69 Å². The number of H-pyrrole nitrogens is 1. The summed E-state index contributed by atoms with van der Waals surface area (Å²) in [5.74, 6) is 0.144. The number of ether oxygens (including phenoxy) is 1. The summed E-state index contributed by atoms with van der Waals surface area (Å²) in [6, 6.07) is 4.25. The molecule has 1 aromatic carbocycles. The lowest BCUT2D eigenvalue weighted by Crippen LogP contribution is -2.07. The van der Waals surface area contributed by atoms with Gasteiger partial charge < -0.3 is 4.74 Å². The molecule has 2 rings (SSSR count). The van der Waals surface area contributed by atoms with Gasteiger partial charge in [0, 0.05) is 12.5 Å². The molecule has 0 saturated carbocycles. The van der Waals surface area contributed by atoms with Crippen molar-refractivity contribution in [3.8, 4) is 0 Å². The number of hydrogen-bond donors (Lipinski definition) is 1. The zero-order valence-electron chi connectivity index (χ0n) is 13.4. The summed E-state index contributed by atoms with van der Waals surface area (Å²) in [6.45, 7) is 4.21. The molecule has 1 aromatic heterocycles. The molecule has 128 valence electrons. The van der Waals surface area contributed by atoms with Crippen LogP contribution in [0, 0.1) is 10.1 Å². The van der Waals surface area contributed by atoms with Crippen LogP contribution in [0.1, 0.15) is 42.9 Å². The van der Waals surface area contributed by atoms with Crippen LogP contribution in [0.3, 0.4) is 0 Å². The number of aromatic nitrogens is 3. The second-order valence-corrected chi connectivity index (χ2v) is 5.96. The molecule has 0 radical (unpaired) electrons. The predicted octanol–water partition coefficient (Wildman–Crippen LogP) is 3.38. The molecule has 0 amide bonds. The van der Waals surface area contributed by atoms with Crippen molar-refractivity contribution >= 4 is 23.4 Å². The van der Waals surface area contributed by atoms with Crippen LogP contribution < -0.4 is 0 Å². The molecule has 0 aliphatic heterocycles. The molecule has 0 atom stereocenters. The third-order valence-corrected chi connectivity index (χ3v) is 4.10. The second kappa shape index (κ2) is 8.44. The lowest BCUT2D eigenvalue weighted by Gasteiger charge is -2.05. The second-order valence-electron chi connectivity index (χ2n) is 4.95. The first-order chi connectivity index (χ1) is 11.5. The van der Waals surface area contributed by atoms with E-state index in [4.69, 9.17) is 4.74 Å². The third-order valence-electron chi connectivity index (χ3n) is 3.17. The van der Waals surface area contributed by atoms with Crippen LogP contribution in [0.25, 0.3) is 0 Å². The highest BCUT2D eigenvalue weighted by Crippen LogP contribution is 2.33. The highest BCUT2D eigenvalue weighted by atomic mass is 32.2. The Bertz CT molecular complexity index is 732. The van der Waals surface area contributed by atoms with Gasteiger partial charge in [0.1, 0.15) is 5.82 Å². The summed E-state index contributed by atoms with van der Waals surface area (Å²) >= 11 is 1.07. The summed E-state index contributed by atoms with van der Waals surface area (Å²) in [7, 11) is 0. The van der Waals surface area contributed by atoms with Gasteiger partial charge >= 0.3 is 5.97 Å². The number of unbranched alkanes of at least 4 members (excludes halogenated alkanes) is 1. The number of rotatable bonds is 8. The molecule has 0 unspecified atom stereocenters. The summed E-state index contributed by atoms with van der Waals surface area (Å²) in [4.78, 5) is 27.3. The van der Waals surface area contributed by atoms with Gasteiger partial charge in [-0.2, -0.15) is 0 Å². The fourth-order valence-corrected chi connectivity index (χ4v) is 2.66. The van der Waals surface area contributed by atoms with Gasteiger partial charge in [0.25, 0.3) is 5.69 Å². The van der Waals surface area contributed by atoms with Crippen molar-refractivity contribution in [2.24, 2.45) is 0 Å². The summed E-state index contributed by atoms with van der Waals surface area (Å²) in [5, 5.41) is 18.5. The van der Waals surface area contributed by atoms with Crippen LogP contribution in [-0.2, 0) is 11.2 Å². The molecule has 0 fully saturated rings. The lowest BCUT2D eigenvalue weighted by molar-refractivity contribution is -0.387. The smallest absolute Gasteiger partial charge is 0.338 e. The Morgan fingerprint density at radius 1 is 1.42 bits per heavy atom. The van der Waals surface area contributed by atoms with Crippen molar-refractivity contribution < 1.29 is 14.5 Å². The first-order valence-corrected chi connectivity index (χ1v) is 8.41. The number of aromatic amines is 1. The maximum atomic E-state index is 11.9. The number of carbonyl (C=O) groups excluding carboxylic acids is 1. The van der Waals surface area contributed by atoms with Crippen molar-refractivity contribution in [1.82, 2.24) is 15.2 Å². The van der Waals surface area contributed by atoms with Crippen molar-refractivity contribution in [1.29, 1.82) is 0 Å². The zero-order chi connectivity index (χ0) is 17.5. The van der Waals surface area contributed by atoms with E-state index in [0.717, 1.165) is 24.6 Å². The summed E-state index contributed by atoms with van der Waals surface area (Å²) in [6.07, 6.45) is 2.35. The molecule has 0 aliphatic carbocycles. The van der Waals surface area contributed by atoms with Crippen molar-refractivity contribution in [3.05, 3.63) is 39.7 Å². The standard InChI is InChI=1S/C15H18N4O4S/c1-3-5-8-23-14(20)10-6-7-12(11(9-10)19(21)22)24-15-16-13(4-2)17-18-15/h6-7,9H,3-5,8H2,1-2H3,(H,16,17,18). The molecule has 0 saturated heterocycles. The third kappa shape index (κ3) is 4.54. The molecular formula is C15H18N4O4S. The normalized spacial score (nSPS) is 10.6. The topological polar surface area (TPSA) is 111 Å². The van der Waals surface area contributed by atoms with Gasteiger partial charge in [-0.05, 0) is 30.3 Å². The van der Waals surface area contributed by atoms with Gasteiger partial charge in [-0.25, -0.2) is 9.78 Å². The number of nitro groups is 1. The van der Waals surface area contributed by atoms with E-state index in [1.807, 2.05) is 13.8 Å². The van der Waals surface area contributed by atoms with E-state index in [1.165, 1.54) is 18.2 Å². The van der Waals surface area contributed by atoms with E-state index < -0.39 is 10.9 Å². The van der Waals surface area contributed by atoms with E-state index >= 15 is 0 Å². The van der Waals surface area contributed by atoms with E-state index in [2.05, 4.69) is 15.2 Å². The number of aryl methyl sites for hydroxylation is 1. The van der Waals surface area contributed by atoms with E-state index in [-0.39, 0.29) is 11.3 Å². The van der Waals surface area contributed by atoms with E-state index in [0.29, 0.717) is 28.9 Å². The highest BCUT2D eigenvalue weighted by Gasteiger charge is 2.20. The Morgan fingerprint density at radius 2 is 2.21 bits per heavy atom. The zero-order valence-corrected chi connectivity index (χ0v) is 14.3. The first-order valence-electron chi connectivity index (χ1n) is 7.59. The number of esters is 1. The minimum atomic E-state index is -0.561. The molecule has 0 bridgehead atoms. The van der Waals surface area contributed by atoms with Crippen LogP contribution in [0.15, 0.2) is 28.3 Å². The number of nitrogens with one attached hydrogen (secondary N) is 1. The van der Waals surface area contributed by atoms with Crippen LogP contribution in [0.5, 0.6) is 0 Å². The average molecular weight is 350 g/mol. The van der Waals surface area contributed by atoms with Crippen molar-refractivity contribution in [2.45, 2.75) is 43.2 Å². The summed E-state index contributed by atoms with van der Waals surface area (Å²) < 4.78 is 5.08. The van der Waals surface area contributed by atoms with E-state index in [1.54, 1.807) is 0 Å². The van der Waals surface area contributed by atoms with Crippen molar-refractivity contribution in [2.75, 3.05) is 6.61 Å². The Kier molecular flexibility index (Phi) is 6.30. The minimum Gasteiger partial charge on any atom is -0.462 e. The van der Waals surface area contributed by atoms with Gasteiger partial charge in [0.05, 0.1) is 22.0 Å². The van der Waals surface area contributed by atoms with Gasteiger partial charge in [0.15, 0.2) is 0 Å². The Morgan fingerprint density at radius 3 is 2.83 bits per heavy atom. The monoisotopic (exact) mass is 350 g/mol. The summed E-state index contributed by atoms with van der Waals surface area (Å²) in [5.41, 5.74) is -0.0147. The van der Waals surface area contributed by atoms with Gasteiger partial charge in [-0.15, -0.1) is 5.10 Å². The minimum absolute atomic E-state index is 0.159. The largest absolute Gasteiger partial charge is 0.462 e. The number of benzene rings is 1. The number of hydrogen-bond acceptors (Lipinski definition) is 7. The molecule has 9 heteroatoms. The molecular weight excluding hydrogens is 332 g/mol. The van der Waals surface area contributed by atoms with Crippen LogP contribution >= 0.6 is 11.8 Å². The average Bonchev–Trinajstić information content (AvgIpc) is 3.02. The van der Waals surface area contributed by atoms with E-state index in [9.17, 15) is 14.9 Å². The predicted molar refractivity (Wildman–Crippen MR) is 88.2 cm³/mol. The van der Waals surface area contributed by atoms with Gasteiger partial charge in [-0.3, -0.25) is 15.2 Å². The number of nitro benzene ring substituents is 1. The molecule has 0 aliphatic rings.